The van der Waals surface area contributed by atoms with Gasteiger partial charge < -0.3 is 8.83 Å². The smallest absolute Gasteiger partial charge is 0.164 e. The van der Waals surface area contributed by atoms with Gasteiger partial charge in [-0.15, -0.1) is 22.7 Å². The number of hydrogen-bond acceptors (Lipinski definition) is 12. The van der Waals surface area contributed by atoms with E-state index in [9.17, 15) is 0 Å². The largest absolute Gasteiger partial charge is 0.455 e. The van der Waals surface area contributed by atoms with Crippen molar-refractivity contribution in [2.24, 2.45) is 0 Å². The van der Waals surface area contributed by atoms with E-state index in [4.69, 9.17) is 48.7 Å². The van der Waals surface area contributed by atoms with Gasteiger partial charge in [0.2, 0.25) is 0 Å². The Morgan fingerprint density at radius 1 is 0.220 bits per heavy atom. The van der Waals surface area contributed by atoms with Gasteiger partial charge in [-0.25, -0.2) is 39.9 Å². The SMILES string of the molecule is c1ccc(-c2nc(-c3ccc(-c4cccc5c4oc4ccccc45)cc3)nc(-c3cccc4sc5c(-c6nc7ccccc7n6-c6ccccc6)cccc5c34)n2)cc1.c1ccc(-c2nc(-c3cccc(-c4cccc5c4oc4ccccc45)c3)nc(-c3cccc4sc5c(-c6nc7ccccc7n6-c6ccccc6)cccc5c34)n2)cc1. The van der Waals surface area contributed by atoms with Crippen molar-refractivity contribution in [3.8, 4) is 125 Å². The van der Waals surface area contributed by atoms with Crippen molar-refractivity contribution in [3.05, 3.63) is 376 Å². The summed E-state index contributed by atoms with van der Waals surface area (Å²) < 4.78 is 22.0. The molecule has 0 spiro atoms. The third-order valence-electron chi connectivity index (χ3n) is 22.2. The molecule has 8 heterocycles. The summed E-state index contributed by atoms with van der Waals surface area (Å²) in [5, 5.41) is 8.91. The highest BCUT2D eigenvalue weighted by Gasteiger charge is 2.26. The summed E-state index contributed by atoms with van der Waals surface area (Å²) in [5.41, 5.74) is 21.5. The van der Waals surface area contributed by atoms with E-state index >= 15 is 0 Å². The lowest BCUT2D eigenvalue weighted by molar-refractivity contribution is 0.669. The number of hydrogen-bond donors (Lipinski definition) is 0. The van der Waals surface area contributed by atoms with Crippen molar-refractivity contribution in [1.29, 1.82) is 0 Å². The zero-order chi connectivity index (χ0) is 77.7. The Kier molecular flexibility index (Phi) is 16.3. The number of rotatable bonds is 12. The molecule has 16 aromatic carbocycles. The number of para-hydroxylation sites is 10. The fourth-order valence-electron chi connectivity index (χ4n) is 16.8. The maximum Gasteiger partial charge on any atom is 0.164 e. The molecule has 552 valence electrons. The average molecular weight is 1550 g/mol. The first kappa shape index (κ1) is 68.1. The lowest BCUT2D eigenvalue weighted by atomic mass is 10.00. The van der Waals surface area contributed by atoms with Gasteiger partial charge in [-0.2, -0.15) is 0 Å². The van der Waals surface area contributed by atoms with Crippen LogP contribution in [0, 0.1) is 0 Å². The minimum atomic E-state index is 0.598. The van der Waals surface area contributed by atoms with Crippen LogP contribution in [-0.2, 0) is 0 Å². The first-order valence-electron chi connectivity index (χ1n) is 39.1. The van der Waals surface area contributed by atoms with Crippen molar-refractivity contribution < 1.29 is 8.83 Å². The monoisotopic (exact) mass is 1550 g/mol. The van der Waals surface area contributed by atoms with Gasteiger partial charge in [-0.05, 0) is 102 Å². The summed E-state index contributed by atoms with van der Waals surface area (Å²) in [5.74, 6) is 5.49. The number of aromatic nitrogens is 10. The van der Waals surface area contributed by atoms with E-state index in [-0.39, 0.29) is 0 Å². The van der Waals surface area contributed by atoms with Crippen molar-refractivity contribution >= 4 is 129 Å². The molecule has 14 heteroatoms. The summed E-state index contributed by atoms with van der Waals surface area (Å²) >= 11 is 3.55. The quantitative estimate of drug-likeness (QED) is 0.116. The average Bonchev–Trinajstić information content (AvgIpc) is 1.58. The van der Waals surface area contributed by atoms with E-state index in [0.717, 1.165) is 196 Å². The van der Waals surface area contributed by atoms with Crippen LogP contribution in [-0.4, -0.2) is 49.0 Å². The van der Waals surface area contributed by atoms with Crippen LogP contribution in [0.2, 0.25) is 0 Å². The topological polar surface area (TPSA) is 139 Å². The summed E-state index contributed by atoms with van der Waals surface area (Å²) in [4.78, 5) is 41.5. The Balaban J connectivity index is 0.000000138. The van der Waals surface area contributed by atoms with Gasteiger partial charge in [0, 0.05) is 129 Å². The lowest BCUT2D eigenvalue weighted by Gasteiger charge is -2.11. The third-order valence-corrected chi connectivity index (χ3v) is 24.6. The molecule has 8 aromatic heterocycles. The van der Waals surface area contributed by atoms with Crippen LogP contribution >= 0.6 is 22.7 Å². The molecule has 0 saturated heterocycles. The Bertz CT molecular complexity index is 8070. The molecular weight excluding hydrogens is 1490 g/mol. The highest BCUT2D eigenvalue weighted by Crippen LogP contribution is 2.48. The zero-order valence-corrected chi connectivity index (χ0v) is 64.5. The molecule has 0 atom stereocenters. The van der Waals surface area contributed by atoms with Crippen molar-refractivity contribution in [3.63, 3.8) is 0 Å². The Morgan fingerprint density at radius 2 is 0.551 bits per heavy atom. The van der Waals surface area contributed by atoms with E-state index < -0.39 is 0 Å². The summed E-state index contributed by atoms with van der Waals surface area (Å²) in [6, 6.07) is 130. The Labute approximate surface area is 682 Å². The third kappa shape index (κ3) is 11.6. The molecular formula is C104H62N10O2S2. The molecule has 0 aliphatic heterocycles. The molecule has 0 N–H and O–H groups in total. The molecule has 0 amide bonds. The summed E-state index contributed by atoms with van der Waals surface area (Å²) in [6.07, 6.45) is 0. The van der Waals surface area contributed by atoms with Crippen molar-refractivity contribution in [2.45, 2.75) is 0 Å². The summed E-state index contributed by atoms with van der Waals surface area (Å²) in [7, 11) is 0. The van der Waals surface area contributed by atoms with Crippen molar-refractivity contribution in [1.82, 2.24) is 49.0 Å². The van der Waals surface area contributed by atoms with Gasteiger partial charge in [0.15, 0.2) is 34.9 Å². The van der Waals surface area contributed by atoms with Gasteiger partial charge in [0.1, 0.15) is 34.0 Å². The standard InChI is InChI=1S/2C52H31N5OS/c1-3-15-32(16-4-1)49-54-50(34-18-11-17-33(31-34)36-22-12-23-38-37-21-7-10-29-44(37)58-47(36)38)56-51(55-49)40-25-14-30-45-46(40)39-24-13-26-41(48(39)59-45)52-53-42-27-8-9-28-43(42)57(52)35-19-5-2-6-20-35;1-3-14-33(15-4-1)49-54-50(34-30-28-32(29-31-34)36-19-11-20-38-37-18-7-10-26-44(37)58-47(36)38)56-51(55-49)40-22-13-27-45-46(40)39-21-12-23-41(48(39)59-45)52-53-42-24-8-9-25-43(42)57(52)35-16-5-2-6-17-35/h2*1-31H. The predicted molar refractivity (Wildman–Crippen MR) is 484 cm³/mol. The number of thiophene rings is 2. The normalized spacial score (nSPS) is 11.7. The first-order chi connectivity index (χ1) is 58.5. The number of nitrogens with zero attached hydrogens (tertiary/aromatic N) is 10. The van der Waals surface area contributed by atoms with Gasteiger partial charge >= 0.3 is 0 Å². The van der Waals surface area contributed by atoms with Gasteiger partial charge in [-0.1, -0.05) is 285 Å². The number of fused-ring (bicyclic) bond motifs is 14. The second kappa shape index (κ2) is 28.3. The minimum absolute atomic E-state index is 0.598. The predicted octanol–water partition coefficient (Wildman–Crippen LogP) is 27.6. The van der Waals surface area contributed by atoms with Crippen LogP contribution in [0.5, 0.6) is 0 Å². The minimum Gasteiger partial charge on any atom is -0.455 e. The number of furan rings is 2. The number of imidazole rings is 2. The Morgan fingerprint density at radius 3 is 1.03 bits per heavy atom. The molecule has 0 aliphatic rings. The zero-order valence-electron chi connectivity index (χ0n) is 62.9. The molecule has 0 bridgehead atoms. The van der Waals surface area contributed by atoms with Crippen LogP contribution in [0.15, 0.2) is 385 Å². The first-order valence-corrected chi connectivity index (χ1v) is 40.7. The molecule has 0 fully saturated rings. The maximum absolute atomic E-state index is 6.44. The molecule has 12 nitrogen and oxygen atoms in total. The van der Waals surface area contributed by atoms with Crippen molar-refractivity contribution in [2.75, 3.05) is 0 Å². The summed E-state index contributed by atoms with van der Waals surface area (Å²) in [6.45, 7) is 0. The fraction of sp³-hybridized carbons (Fsp3) is 0. The van der Waals surface area contributed by atoms with Crippen LogP contribution < -0.4 is 0 Å². The van der Waals surface area contributed by atoms with Crippen LogP contribution in [0.25, 0.3) is 231 Å². The van der Waals surface area contributed by atoms with E-state index in [1.54, 1.807) is 22.7 Å². The molecule has 118 heavy (non-hydrogen) atoms. The van der Waals surface area contributed by atoms with E-state index in [1.165, 1.54) is 0 Å². The fourth-order valence-corrected chi connectivity index (χ4v) is 19.2. The second-order valence-electron chi connectivity index (χ2n) is 29.2. The van der Waals surface area contributed by atoms with E-state index in [1.807, 2.05) is 109 Å². The second-order valence-corrected chi connectivity index (χ2v) is 31.3. The molecule has 24 aromatic rings. The van der Waals surface area contributed by atoms with Crippen LogP contribution in [0.4, 0.5) is 0 Å². The lowest BCUT2D eigenvalue weighted by Crippen LogP contribution is -2.00. The molecule has 0 aliphatic carbocycles. The van der Waals surface area contributed by atoms with Gasteiger partial charge in [-0.3, -0.25) is 9.13 Å². The molecule has 0 saturated carbocycles. The van der Waals surface area contributed by atoms with Crippen LogP contribution in [0.1, 0.15) is 0 Å². The van der Waals surface area contributed by atoms with E-state index in [0.29, 0.717) is 34.9 Å². The highest BCUT2D eigenvalue weighted by molar-refractivity contribution is 7.27. The van der Waals surface area contributed by atoms with E-state index in [2.05, 4.69) is 276 Å². The molecule has 0 radical (unpaired) electrons. The van der Waals surface area contributed by atoms with Gasteiger partial charge in [0.05, 0.1) is 22.1 Å². The highest BCUT2D eigenvalue weighted by atomic mass is 32.1. The Hall–Kier alpha value is -15.5. The maximum atomic E-state index is 6.44. The molecule has 24 rings (SSSR count). The number of benzene rings is 16. The molecule has 0 unspecified atom stereocenters. The van der Waals surface area contributed by atoms with Gasteiger partial charge in [0.25, 0.3) is 0 Å². The van der Waals surface area contributed by atoms with Crippen LogP contribution in [0.3, 0.4) is 0 Å².